The second kappa shape index (κ2) is 3.80. The number of hydrogen-bond donors (Lipinski definition) is 2. The van der Waals surface area contributed by atoms with E-state index in [9.17, 15) is 4.79 Å². The Bertz CT molecular complexity index is 547. The Labute approximate surface area is 91.3 Å². The summed E-state index contributed by atoms with van der Waals surface area (Å²) in [5.41, 5.74) is 0.956. The van der Waals surface area contributed by atoms with E-state index in [-0.39, 0.29) is 5.56 Å². The van der Waals surface area contributed by atoms with E-state index < -0.39 is 5.97 Å². The first-order valence-corrected chi connectivity index (χ1v) is 4.85. The van der Waals surface area contributed by atoms with Gasteiger partial charge in [-0.15, -0.1) is 0 Å². The number of nitrogens with zero attached hydrogens (tertiary/aromatic N) is 2. The Hall–Kier alpha value is -2.11. The Kier molecular flexibility index (Phi) is 2.47. The number of carboxylic acids is 1. The molecule has 0 bridgehead atoms. The average Bonchev–Trinajstić information content (AvgIpc) is 2.64. The van der Waals surface area contributed by atoms with E-state index in [0.717, 1.165) is 0 Å². The summed E-state index contributed by atoms with van der Waals surface area (Å²) in [6.07, 6.45) is 1.58. The van der Waals surface area contributed by atoms with Gasteiger partial charge >= 0.3 is 5.97 Å². The van der Waals surface area contributed by atoms with Crippen LogP contribution >= 0.6 is 0 Å². The lowest BCUT2D eigenvalue weighted by Gasteiger charge is -2.09. The van der Waals surface area contributed by atoms with Crippen LogP contribution in [0.25, 0.3) is 11.0 Å². The highest BCUT2D eigenvalue weighted by Gasteiger charge is 2.20. The second-order valence-corrected chi connectivity index (χ2v) is 3.26. The molecule has 6 heteroatoms. The first kappa shape index (κ1) is 10.4. The Morgan fingerprint density at radius 3 is 3.00 bits per heavy atom. The van der Waals surface area contributed by atoms with Crippen molar-refractivity contribution in [1.82, 2.24) is 15.2 Å². The highest BCUT2D eigenvalue weighted by Crippen LogP contribution is 2.29. The Morgan fingerprint density at radius 2 is 2.38 bits per heavy atom. The van der Waals surface area contributed by atoms with Crippen LogP contribution in [0.2, 0.25) is 0 Å². The lowest BCUT2D eigenvalue weighted by atomic mass is 10.1. The number of fused-ring (bicyclic) bond motifs is 1. The molecule has 84 valence electrons. The van der Waals surface area contributed by atoms with Gasteiger partial charge in [0.25, 0.3) is 0 Å². The number of H-pyrrole nitrogens is 1. The molecule has 0 aliphatic carbocycles. The van der Waals surface area contributed by atoms with Crippen LogP contribution in [0.3, 0.4) is 0 Å². The highest BCUT2D eigenvalue weighted by molar-refractivity contribution is 5.99. The number of hydrogen-bond acceptors (Lipinski definition) is 4. The molecule has 2 N–H and O–H groups in total. The first-order valence-electron chi connectivity index (χ1n) is 4.85. The fraction of sp³-hybridized carbons (Fsp3) is 0.300. The van der Waals surface area contributed by atoms with Gasteiger partial charge in [0.15, 0.2) is 5.65 Å². The molecule has 2 rings (SSSR count). The maximum Gasteiger partial charge on any atom is 0.341 e. The molecule has 2 aromatic rings. The molecule has 2 heterocycles. The van der Waals surface area contributed by atoms with Gasteiger partial charge in [-0.25, -0.2) is 9.78 Å². The van der Waals surface area contributed by atoms with Gasteiger partial charge in [-0.3, -0.25) is 5.10 Å². The maximum atomic E-state index is 11.1. The topological polar surface area (TPSA) is 88.1 Å². The summed E-state index contributed by atoms with van der Waals surface area (Å²) in [6.45, 7) is 3.82. The first-order chi connectivity index (χ1) is 7.65. The quantitative estimate of drug-likeness (QED) is 0.817. The fourth-order valence-electron chi connectivity index (χ4n) is 1.59. The molecule has 0 aliphatic rings. The van der Waals surface area contributed by atoms with E-state index in [2.05, 4.69) is 15.2 Å². The molecule has 0 saturated heterocycles. The van der Waals surface area contributed by atoms with Gasteiger partial charge in [-0.1, -0.05) is 0 Å². The fourth-order valence-corrected chi connectivity index (χ4v) is 1.59. The Morgan fingerprint density at radius 1 is 1.62 bits per heavy atom. The number of rotatable bonds is 3. The minimum Gasteiger partial charge on any atom is -0.492 e. The largest absolute Gasteiger partial charge is 0.492 e. The van der Waals surface area contributed by atoms with Gasteiger partial charge in [0.1, 0.15) is 11.3 Å². The number of aromatic carboxylic acids is 1. The van der Waals surface area contributed by atoms with E-state index in [1.54, 1.807) is 20.0 Å². The number of carboxylic acid groups (broad SMARTS) is 1. The van der Waals surface area contributed by atoms with Crippen LogP contribution in [-0.4, -0.2) is 32.9 Å². The lowest BCUT2D eigenvalue weighted by Crippen LogP contribution is -2.07. The molecule has 0 atom stereocenters. The van der Waals surface area contributed by atoms with E-state index >= 15 is 0 Å². The van der Waals surface area contributed by atoms with Gasteiger partial charge in [0, 0.05) is 6.20 Å². The second-order valence-electron chi connectivity index (χ2n) is 3.26. The van der Waals surface area contributed by atoms with Crippen LogP contribution < -0.4 is 4.74 Å². The number of aromatic amines is 1. The van der Waals surface area contributed by atoms with Crippen molar-refractivity contribution < 1.29 is 14.6 Å². The SMILES string of the molecule is CCOc1c(C(=O)O)c(C)nc2n[nH]cc12. The van der Waals surface area contributed by atoms with E-state index in [1.165, 1.54) is 0 Å². The van der Waals surface area contributed by atoms with Gasteiger partial charge in [-0.05, 0) is 13.8 Å². The number of carbonyl (C=O) groups is 1. The molecular weight excluding hydrogens is 210 g/mol. The van der Waals surface area contributed by atoms with E-state index in [0.29, 0.717) is 29.1 Å². The molecule has 0 aromatic carbocycles. The number of nitrogens with one attached hydrogen (secondary N) is 1. The van der Waals surface area contributed by atoms with Crippen LogP contribution in [0, 0.1) is 6.92 Å². The van der Waals surface area contributed by atoms with Crippen molar-refractivity contribution >= 4 is 17.0 Å². The summed E-state index contributed by atoms with van der Waals surface area (Å²) in [6, 6.07) is 0. The third kappa shape index (κ3) is 1.48. The minimum atomic E-state index is -1.04. The molecule has 0 radical (unpaired) electrons. The molecule has 16 heavy (non-hydrogen) atoms. The van der Waals surface area contributed by atoms with Crippen LogP contribution in [-0.2, 0) is 0 Å². The molecule has 0 saturated carbocycles. The monoisotopic (exact) mass is 221 g/mol. The standard InChI is InChI=1S/C10H11N3O3/c1-3-16-8-6-4-11-13-9(6)12-5(2)7(8)10(14)15/h4H,3H2,1-2H3,(H,14,15)(H,11,12,13). The van der Waals surface area contributed by atoms with Crippen molar-refractivity contribution in [3.05, 3.63) is 17.5 Å². The predicted molar refractivity (Wildman–Crippen MR) is 56.8 cm³/mol. The summed E-state index contributed by atoms with van der Waals surface area (Å²) in [5, 5.41) is 16.3. The molecular formula is C10H11N3O3. The highest BCUT2D eigenvalue weighted by atomic mass is 16.5. The third-order valence-corrected chi connectivity index (χ3v) is 2.23. The summed E-state index contributed by atoms with van der Waals surface area (Å²) in [5.74, 6) is -0.720. The zero-order valence-electron chi connectivity index (χ0n) is 8.94. The molecule has 0 amide bonds. The van der Waals surface area contributed by atoms with Crippen molar-refractivity contribution in [2.45, 2.75) is 13.8 Å². The van der Waals surface area contributed by atoms with Gasteiger partial charge in [0.05, 0.1) is 17.7 Å². The van der Waals surface area contributed by atoms with E-state index in [4.69, 9.17) is 9.84 Å². The molecule has 0 unspecified atom stereocenters. The predicted octanol–water partition coefficient (Wildman–Crippen LogP) is 1.36. The normalized spacial score (nSPS) is 10.6. The van der Waals surface area contributed by atoms with Crippen LogP contribution in [0.5, 0.6) is 5.75 Å². The van der Waals surface area contributed by atoms with Crippen molar-refractivity contribution in [1.29, 1.82) is 0 Å². The minimum absolute atomic E-state index is 0.0933. The molecule has 0 spiro atoms. The third-order valence-electron chi connectivity index (χ3n) is 2.23. The van der Waals surface area contributed by atoms with Crippen molar-refractivity contribution in [3.63, 3.8) is 0 Å². The van der Waals surface area contributed by atoms with E-state index in [1.807, 2.05) is 0 Å². The number of pyridine rings is 1. The molecule has 0 aliphatic heterocycles. The van der Waals surface area contributed by atoms with Gasteiger partial charge in [-0.2, -0.15) is 5.10 Å². The molecule has 0 fully saturated rings. The van der Waals surface area contributed by atoms with Crippen LogP contribution in [0.1, 0.15) is 23.0 Å². The average molecular weight is 221 g/mol. The summed E-state index contributed by atoms with van der Waals surface area (Å²) >= 11 is 0. The van der Waals surface area contributed by atoms with Gasteiger partial charge in [0.2, 0.25) is 0 Å². The number of aryl methyl sites for hydroxylation is 1. The van der Waals surface area contributed by atoms with Crippen LogP contribution in [0.15, 0.2) is 6.20 Å². The summed E-state index contributed by atoms with van der Waals surface area (Å²) < 4.78 is 5.37. The van der Waals surface area contributed by atoms with Crippen LogP contribution in [0.4, 0.5) is 0 Å². The molecule has 6 nitrogen and oxygen atoms in total. The molecule has 2 aromatic heterocycles. The smallest absolute Gasteiger partial charge is 0.341 e. The zero-order chi connectivity index (χ0) is 11.7. The number of ether oxygens (including phenoxy) is 1. The van der Waals surface area contributed by atoms with Crippen molar-refractivity contribution in [2.75, 3.05) is 6.61 Å². The number of aromatic nitrogens is 3. The summed E-state index contributed by atoms with van der Waals surface area (Å²) in [4.78, 5) is 15.2. The Balaban J connectivity index is 2.79. The summed E-state index contributed by atoms with van der Waals surface area (Å²) in [7, 11) is 0. The van der Waals surface area contributed by atoms with Crippen molar-refractivity contribution in [3.8, 4) is 5.75 Å². The van der Waals surface area contributed by atoms with Gasteiger partial charge < -0.3 is 9.84 Å². The van der Waals surface area contributed by atoms with Crippen molar-refractivity contribution in [2.24, 2.45) is 0 Å². The zero-order valence-corrected chi connectivity index (χ0v) is 8.94. The lowest BCUT2D eigenvalue weighted by molar-refractivity contribution is 0.0691. The maximum absolute atomic E-state index is 11.1.